The van der Waals surface area contributed by atoms with Crippen molar-refractivity contribution in [3.63, 3.8) is 0 Å². The van der Waals surface area contributed by atoms with Gasteiger partial charge < -0.3 is 15.0 Å². The number of methoxy groups -OCH3 is 1. The standard InChI is InChI=1S/C18H28N2O/c1-21-14-16-9-5-6-10-18(16)20-12-11-19-17(13-20)15-7-3-2-4-8-15/h5-6,9-10,15,17,19H,2-4,7-8,11-14H2,1H3. The van der Waals surface area contributed by atoms with Gasteiger partial charge in [-0.3, -0.25) is 0 Å². The quantitative estimate of drug-likeness (QED) is 0.921. The van der Waals surface area contributed by atoms with Crippen molar-refractivity contribution >= 4 is 5.69 Å². The normalized spacial score (nSPS) is 24.2. The van der Waals surface area contributed by atoms with E-state index in [9.17, 15) is 0 Å². The third-order valence-corrected chi connectivity index (χ3v) is 5.06. The fourth-order valence-corrected chi connectivity index (χ4v) is 3.95. The van der Waals surface area contributed by atoms with Crippen LogP contribution in [0.1, 0.15) is 37.7 Å². The van der Waals surface area contributed by atoms with E-state index < -0.39 is 0 Å². The second kappa shape index (κ2) is 7.28. The minimum atomic E-state index is 0.662. The predicted octanol–water partition coefficient (Wildman–Crippen LogP) is 3.19. The molecule has 1 aromatic carbocycles. The van der Waals surface area contributed by atoms with Gasteiger partial charge in [-0.15, -0.1) is 0 Å². The molecule has 21 heavy (non-hydrogen) atoms. The molecule has 1 heterocycles. The summed E-state index contributed by atoms with van der Waals surface area (Å²) in [4.78, 5) is 2.56. The minimum Gasteiger partial charge on any atom is -0.380 e. The van der Waals surface area contributed by atoms with Crippen molar-refractivity contribution in [2.45, 2.75) is 44.8 Å². The lowest BCUT2D eigenvalue weighted by Crippen LogP contribution is -2.54. The van der Waals surface area contributed by atoms with Gasteiger partial charge in [-0.1, -0.05) is 37.5 Å². The molecule has 1 atom stereocenters. The van der Waals surface area contributed by atoms with Crippen LogP contribution in [-0.2, 0) is 11.3 Å². The van der Waals surface area contributed by atoms with Crippen LogP contribution >= 0.6 is 0 Å². The minimum absolute atomic E-state index is 0.662. The SMILES string of the molecule is COCc1ccccc1N1CCNC(C2CCCCC2)C1. The molecule has 0 bridgehead atoms. The van der Waals surface area contributed by atoms with Crippen molar-refractivity contribution in [1.29, 1.82) is 0 Å². The number of anilines is 1. The van der Waals surface area contributed by atoms with Gasteiger partial charge in [-0.2, -0.15) is 0 Å². The van der Waals surface area contributed by atoms with Gasteiger partial charge in [-0.25, -0.2) is 0 Å². The van der Waals surface area contributed by atoms with Crippen molar-refractivity contribution in [3.05, 3.63) is 29.8 Å². The van der Waals surface area contributed by atoms with Gasteiger partial charge >= 0.3 is 0 Å². The van der Waals surface area contributed by atoms with Crippen LogP contribution in [0.3, 0.4) is 0 Å². The third kappa shape index (κ3) is 3.58. The monoisotopic (exact) mass is 288 g/mol. The molecular formula is C18H28N2O. The Morgan fingerprint density at radius 2 is 2.00 bits per heavy atom. The lowest BCUT2D eigenvalue weighted by atomic mass is 9.83. The molecule has 0 aromatic heterocycles. The molecular weight excluding hydrogens is 260 g/mol. The zero-order valence-electron chi connectivity index (χ0n) is 13.2. The molecule has 0 spiro atoms. The van der Waals surface area contributed by atoms with E-state index in [4.69, 9.17) is 4.74 Å². The molecule has 1 aliphatic carbocycles. The number of hydrogen-bond donors (Lipinski definition) is 1. The van der Waals surface area contributed by atoms with Gasteiger partial charge in [0.1, 0.15) is 0 Å². The highest BCUT2D eigenvalue weighted by Crippen LogP contribution is 2.30. The third-order valence-electron chi connectivity index (χ3n) is 5.06. The highest BCUT2D eigenvalue weighted by molar-refractivity contribution is 5.54. The van der Waals surface area contributed by atoms with Gasteiger partial charge in [0.15, 0.2) is 0 Å². The summed E-state index contributed by atoms with van der Waals surface area (Å²) >= 11 is 0. The molecule has 0 amide bonds. The maximum atomic E-state index is 5.36. The van der Waals surface area contributed by atoms with E-state index in [2.05, 4.69) is 34.5 Å². The van der Waals surface area contributed by atoms with E-state index >= 15 is 0 Å². The number of nitrogens with one attached hydrogen (secondary N) is 1. The molecule has 1 unspecified atom stereocenters. The van der Waals surface area contributed by atoms with Gasteiger partial charge in [0.05, 0.1) is 6.61 Å². The highest BCUT2D eigenvalue weighted by atomic mass is 16.5. The summed E-state index contributed by atoms with van der Waals surface area (Å²) in [6.45, 7) is 4.05. The van der Waals surface area contributed by atoms with Crippen LogP contribution in [0.2, 0.25) is 0 Å². The van der Waals surface area contributed by atoms with Crippen molar-refractivity contribution < 1.29 is 4.74 Å². The van der Waals surface area contributed by atoms with E-state index in [1.165, 1.54) is 43.4 Å². The summed E-state index contributed by atoms with van der Waals surface area (Å²) in [5, 5.41) is 3.77. The van der Waals surface area contributed by atoms with Gasteiger partial charge in [-0.05, 0) is 24.8 Å². The first-order valence-corrected chi connectivity index (χ1v) is 8.43. The number of para-hydroxylation sites is 1. The van der Waals surface area contributed by atoms with Crippen LogP contribution in [0.25, 0.3) is 0 Å². The van der Waals surface area contributed by atoms with Gasteiger partial charge in [0, 0.05) is 44.0 Å². The topological polar surface area (TPSA) is 24.5 Å². The molecule has 1 saturated heterocycles. The van der Waals surface area contributed by atoms with E-state index in [0.29, 0.717) is 12.6 Å². The molecule has 1 aromatic rings. The van der Waals surface area contributed by atoms with Gasteiger partial charge in [0.25, 0.3) is 0 Å². The summed E-state index contributed by atoms with van der Waals surface area (Å²) in [5.74, 6) is 0.871. The molecule has 1 N–H and O–H groups in total. The van der Waals surface area contributed by atoms with E-state index in [0.717, 1.165) is 25.6 Å². The summed E-state index contributed by atoms with van der Waals surface area (Å²) < 4.78 is 5.36. The maximum Gasteiger partial charge on any atom is 0.0733 e. The van der Waals surface area contributed by atoms with E-state index in [1.54, 1.807) is 7.11 Å². The largest absolute Gasteiger partial charge is 0.380 e. The number of piperazine rings is 1. The fraction of sp³-hybridized carbons (Fsp3) is 0.667. The zero-order valence-corrected chi connectivity index (χ0v) is 13.2. The Hall–Kier alpha value is -1.06. The lowest BCUT2D eigenvalue weighted by molar-refractivity contribution is 0.185. The second-order valence-electron chi connectivity index (χ2n) is 6.47. The van der Waals surface area contributed by atoms with Crippen molar-refractivity contribution in [1.82, 2.24) is 5.32 Å². The Kier molecular flexibility index (Phi) is 5.15. The molecule has 2 fully saturated rings. The predicted molar refractivity (Wildman–Crippen MR) is 87.7 cm³/mol. The Morgan fingerprint density at radius 3 is 2.81 bits per heavy atom. The zero-order chi connectivity index (χ0) is 14.5. The smallest absolute Gasteiger partial charge is 0.0733 e. The number of ether oxygens (including phenoxy) is 1. The van der Waals surface area contributed by atoms with Crippen LogP contribution in [0.5, 0.6) is 0 Å². The Labute approximate surface area is 128 Å². The van der Waals surface area contributed by atoms with E-state index in [-0.39, 0.29) is 0 Å². The van der Waals surface area contributed by atoms with Crippen molar-refractivity contribution in [3.8, 4) is 0 Å². The molecule has 2 aliphatic rings. The average Bonchev–Trinajstić information content (AvgIpc) is 2.57. The van der Waals surface area contributed by atoms with Gasteiger partial charge in [0.2, 0.25) is 0 Å². The average molecular weight is 288 g/mol. The number of hydrogen-bond acceptors (Lipinski definition) is 3. The molecule has 3 rings (SSSR count). The highest BCUT2D eigenvalue weighted by Gasteiger charge is 2.28. The fourth-order valence-electron chi connectivity index (χ4n) is 3.95. The lowest BCUT2D eigenvalue weighted by Gasteiger charge is -2.41. The van der Waals surface area contributed by atoms with Crippen molar-refractivity contribution in [2.75, 3.05) is 31.6 Å². The summed E-state index contributed by atoms with van der Waals surface area (Å²) in [6, 6.07) is 9.36. The van der Waals surface area contributed by atoms with Crippen LogP contribution in [0.15, 0.2) is 24.3 Å². The molecule has 1 aliphatic heterocycles. The van der Waals surface area contributed by atoms with Crippen LogP contribution in [-0.4, -0.2) is 32.8 Å². The summed E-state index contributed by atoms with van der Waals surface area (Å²) in [7, 11) is 1.78. The molecule has 1 saturated carbocycles. The second-order valence-corrected chi connectivity index (χ2v) is 6.47. The molecule has 0 radical (unpaired) electrons. The number of benzene rings is 1. The molecule has 116 valence electrons. The Balaban J connectivity index is 1.70. The first kappa shape index (κ1) is 14.9. The summed E-state index contributed by atoms with van der Waals surface area (Å²) in [6.07, 6.45) is 7.09. The Morgan fingerprint density at radius 1 is 1.19 bits per heavy atom. The van der Waals surface area contributed by atoms with Crippen LogP contribution < -0.4 is 10.2 Å². The van der Waals surface area contributed by atoms with Crippen LogP contribution in [0, 0.1) is 5.92 Å². The first-order chi connectivity index (χ1) is 10.4. The maximum absolute atomic E-state index is 5.36. The summed E-state index contributed by atoms with van der Waals surface area (Å²) in [5.41, 5.74) is 2.67. The van der Waals surface area contributed by atoms with Crippen molar-refractivity contribution in [2.24, 2.45) is 5.92 Å². The van der Waals surface area contributed by atoms with E-state index in [1.807, 2.05) is 0 Å². The number of rotatable bonds is 4. The van der Waals surface area contributed by atoms with Crippen LogP contribution in [0.4, 0.5) is 5.69 Å². The first-order valence-electron chi connectivity index (χ1n) is 8.43. The Bertz CT molecular complexity index is 443. The number of nitrogens with zero attached hydrogens (tertiary/aromatic N) is 1. The molecule has 3 heteroatoms. The molecule has 3 nitrogen and oxygen atoms in total.